The molecule has 5 nitrogen and oxygen atoms in total. The summed E-state index contributed by atoms with van der Waals surface area (Å²) in [5.41, 5.74) is 0. The zero-order valence-electron chi connectivity index (χ0n) is 9.10. The Morgan fingerprint density at radius 3 is 3.00 bits per heavy atom. The summed E-state index contributed by atoms with van der Waals surface area (Å²) < 4.78 is 4.81. The Kier molecular flexibility index (Phi) is 5.43. The molecular formula is C10H13N3O2S. The van der Waals surface area contributed by atoms with Gasteiger partial charge in [0.05, 0.1) is 12.7 Å². The van der Waals surface area contributed by atoms with Gasteiger partial charge in [0.15, 0.2) is 0 Å². The Morgan fingerprint density at radius 2 is 2.31 bits per heavy atom. The van der Waals surface area contributed by atoms with E-state index in [0.29, 0.717) is 18.0 Å². The van der Waals surface area contributed by atoms with Crippen LogP contribution in [0.4, 0.5) is 0 Å². The van der Waals surface area contributed by atoms with Crippen molar-refractivity contribution in [2.45, 2.75) is 32.6 Å². The highest BCUT2D eigenvalue weighted by Gasteiger charge is 2.13. The number of esters is 1. The number of nitriles is 1. The van der Waals surface area contributed by atoms with Gasteiger partial charge in [0, 0.05) is 12.8 Å². The Bertz CT molecular complexity index is 384. The van der Waals surface area contributed by atoms with Crippen molar-refractivity contribution in [1.29, 1.82) is 5.26 Å². The van der Waals surface area contributed by atoms with Crippen LogP contribution in [0.1, 0.15) is 41.0 Å². The minimum Gasteiger partial charge on any atom is -0.461 e. The minimum absolute atomic E-state index is 0.303. The minimum atomic E-state index is -0.414. The Hall–Kier alpha value is -1.48. The number of unbranched alkanes of at least 4 members (excludes halogenated alkanes) is 2. The first-order valence-electron chi connectivity index (χ1n) is 5.14. The van der Waals surface area contributed by atoms with Gasteiger partial charge in [0.1, 0.15) is 5.01 Å². The second kappa shape index (κ2) is 6.90. The van der Waals surface area contributed by atoms with Crippen molar-refractivity contribution >= 4 is 17.3 Å². The number of hydrogen-bond acceptors (Lipinski definition) is 6. The first-order chi connectivity index (χ1) is 7.77. The van der Waals surface area contributed by atoms with Gasteiger partial charge in [-0.15, -0.1) is 10.2 Å². The van der Waals surface area contributed by atoms with Crippen LogP contribution < -0.4 is 0 Å². The fourth-order valence-corrected chi connectivity index (χ4v) is 1.89. The smallest absolute Gasteiger partial charge is 0.369 e. The maximum absolute atomic E-state index is 11.3. The summed E-state index contributed by atoms with van der Waals surface area (Å²) in [6, 6.07) is 2.09. The van der Waals surface area contributed by atoms with Crippen LogP contribution in [0.2, 0.25) is 0 Å². The number of hydrogen-bond donors (Lipinski definition) is 0. The second-order valence-electron chi connectivity index (χ2n) is 3.09. The first-order valence-corrected chi connectivity index (χ1v) is 5.96. The van der Waals surface area contributed by atoms with E-state index in [-0.39, 0.29) is 0 Å². The monoisotopic (exact) mass is 239 g/mol. The summed E-state index contributed by atoms with van der Waals surface area (Å²) in [5.74, 6) is -0.414. The third-order valence-corrected chi connectivity index (χ3v) is 2.81. The maximum atomic E-state index is 11.3. The third kappa shape index (κ3) is 3.95. The van der Waals surface area contributed by atoms with Gasteiger partial charge in [-0.1, -0.05) is 11.3 Å². The van der Waals surface area contributed by atoms with Gasteiger partial charge in [-0.2, -0.15) is 5.26 Å². The number of carbonyl (C=O) groups is 1. The van der Waals surface area contributed by atoms with E-state index in [9.17, 15) is 4.79 Å². The van der Waals surface area contributed by atoms with Gasteiger partial charge in [-0.25, -0.2) is 4.79 Å². The van der Waals surface area contributed by atoms with Crippen LogP contribution in [0.15, 0.2) is 0 Å². The lowest BCUT2D eigenvalue weighted by Crippen LogP contribution is -2.03. The van der Waals surface area contributed by atoms with Gasteiger partial charge in [0.2, 0.25) is 5.01 Å². The average molecular weight is 239 g/mol. The highest BCUT2D eigenvalue weighted by molar-refractivity contribution is 7.13. The van der Waals surface area contributed by atoms with E-state index < -0.39 is 5.97 Å². The molecule has 0 aliphatic rings. The number of nitrogens with zero attached hydrogens (tertiary/aromatic N) is 3. The molecule has 0 aromatic carbocycles. The van der Waals surface area contributed by atoms with Crippen molar-refractivity contribution in [3.8, 4) is 6.07 Å². The summed E-state index contributed by atoms with van der Waals surface area (Å²) >= 11 is 1.26. The van der Waals surface area contributed by atoms with Crippen LogP contribution in [0.5, 0.6) is 0 Å². The van der Waals surface area contributed by atoms with E-state index >= 15 is 0 Å². The molecule has 0 aliphatic heterocycles. The van der Waals surface area contributed by atoms with Crippen molar-refractivity contribution in [3.05, 3.63) is 10.0 Å². The zero-order valence-corrected chi connectivity index (χ0v) is 9.92. The summed E-state index contributed by atoms with van der Waals surface area (Å²) in [7, 11) is 0. The van der Waals surface area contributed by atoms with Gasteiger partial charge in [-0.3, -0.25) is 0 Å². The molecule has 1 aromatic rings. The SMILES string of the molecule is CCOC(=O)c1nnc(CCCCC#N)s1. The van der Waals surface area contributed by atoms with Crippen molar-refractivity contribution in [1.82, 2.24) is 10.2 Å². The van der Waals surface area contributed by atoms with Crippen molar-refractivity contribution in [2.24, 2.45) is 0 Å². The average Bonchev–Trinajstić information content (AvgIpc) is 2.73. The third-order valence-electron chi connectivity index (χ3n) is 1.85. The quantitative estimate of drug-likeness (QED) is 0.560. The van der Waals surface area contributed by atoms with E-state index in [1.807, 2.05) is 0 Å². The van der Waals surface area contributed by atoms with Crippen molar-refractivity contribution in [3.63, 3.8) is 0 Å². The van der Waals surface area contributed by atoms with Gasteiger partial charge >= 0.3 is 5.97 Å². The molecule has 0 fully saturated rings. The Labute approximate surface area is 98.1 Å². The summed E-state index contributed by atoms with van der Waals surface area (Å²) in [5, 5.41) is 17.2. The van der Waals surface area contributed by atoms with E-state index in [4.69, 9.17) is 10.00 Å². The molecule has 1 aromatic heterocycles. The highest BCUT2D eigenvalue weighted by Crippen LogP contribution is 2.13. The summed E-state index contributed by atoms with van der Waals surface area (Å²) in [6.45, 7) is 2.09. The van der Waals surface area contributed by atoms with Crippen LogP contribution in [-0.4, -0.2) is 22.8 Å². The predicted octanol–water partition coefficient (Wildman–Crippen LogP) is 1.95. The van der Waals surface area contributed by atoms with Gasteiger partial charge < -0.3 is 4.74 Å². The molecule has 0 spiro atoms. The largest absolute Gasteiger partial charge is 0.461 e. The molecule has 0 N–H and O–H groups in total. The number of aryl methyl sites for hydroxylation is 1. The van der Waals surface area contributed by atoms with Crippen LogP contribution in [0.25, 0.3) is 0 Å². The molecule has 0 aliphatic carbocycles. The normalized spacial score (nSPS) is 9.75. The lowest BCUT2D eigenvalue weighted by molar-refractivity contribution is 0.0525. The van der Waals surface area contributed by atoms with Crippen LogP contribution in [-0.2, 0) is 11.2 Å². The molecule has 0 saturated heterocycles. The van der Waals surface area contributed by atoms with Gasteiger partial charge in [0.25, 0.3) is 0 Å². The van der Waals surface area contributed by atoms with Crippen molar-refractivity contribution in [2.75, 3.05) is 6.61 Å². The second-order valence-corrected chi connectivity index (χ2v) is 4.15. The van der Waals surface area contributed by atoms with E-state index in [0.717, 1.165) is 24.3 Å². The number of ether oxygens (including phenoxy) is 1. The van der Waals surface area contributed by atoms with Gasteiger partial charge in [-0.05, 0) is 19.8 Å². The highest BCUT2D eigenvalue weighted by atomic mass is 32.1. The van der Waals surface area contributed by atoms with Crippen LogP contribution in [0, 0.1) is 11.3 Å². The Balaban J connectivity index is 2.39. The molecule has 0 radical (unpaired) electrons. The van der Waals surface area contributed by atoms with E-state index in [1.54, 1.807) is 6.92 Å². The van der Waals surface area contributed by atoms with E-state index in [2.05, 4.69) is 16.3 Å². The Morgan fingerprint density at radius 1 is 1.50 bits per heavy atom. The number of rotatable bonds is 6. The number of carbonyl (C=O) groups excluding carboxylic acids is 1. The molecule has 0 atom stereocenters. The zero-order chi connectivity index (χ0) is 11.8. The fourth-order valence-electron chi connectivity index (χ4n) is 1.11. The molecule has 6 heteroatoms. The van der Waals surface area contributed by atoms with E-state index in [1.165, 1.54) is 11.3 Å². The lowest BCUT2D eigenvalue weighted by atomic mass is 10.2. The van der Waals surface area contributed by atoms with Crippen molar-refractivity contribution < 1.29 is 9.53 Å². The molecule has 0 amide bonds. The molecule has 86 valence electrons. The van der Waals surface area contributed by atoms with Crippen LogP contribution in [0.3, 0.4) is 0 Å². The first kappa shape index (κ1) is 12.6. The standard InChI is InChI=1S/C10H13N3O2S/c1-2-15-10(14)9-13-12-8(16-9)6-4-3-5-7-11/h2-6H2,1H3. The summed E-state index contributed by atoms with van der Waals surface area (Å²) in [4.78, 5) is 11.3. The molecule has 0 bridgehead atoms. The summed E-state index contributed by atoms with van der Waals surface area (Å²) in [6.07, 6.45) is 3.07. The molecule has 1 rings (SSSR count). The molecule has 16 heavy (non-hydrogen) atoms. The van der Waals surface area contributed by atoms with Crippen LogP contribution >= 0.6 is 11.3 Å². The molecular weight excluding hydrogens is 226 g/mol. The lowest BCUT2D eigenvalue weighted by Gasteiger charge is -1.94. The predicted molar refractivity (Wildman–Crippen MR) is 59.0 cm³/mol. The fraction of sp³-hybridized carbons (Fsp3) is 0.600. The maximum Gasteiger partial charge on any atom is 0.369 e. The molecule has 1 heterocycles. The molecule has 0 saturated carbocycles. The topological polar surface area (TPSA) is 75.9 Å². The number of aromatic nitrogens is 2. The molecule has 0 unspecified atom stereocenters.